The number of thiophene rings is 1. The average molecular weight is 365 g/mol. The zero-order chi connectivity index (χ0) is 15.1. The summed E-state index contributed by atoms with van der Waals surface area (Å²) >= 11 is 4.96. The number of rotatable bonds is 4. The van der Waals surface area contributed by atoms with Gasteiger partial charge in [-0.05, 0) is 40.2 Å². The van der Waals surface area contributed by atoms with Gasteiger partial charge in [0, 0.05) is 17.5 Å². The molecule has 0 aliphatic carbocycles. The molecule has 2 rings (SSSR count). The molecule has 0 bridgehead atoms. The second-order valence-corrected chi connectivity index (χ2v) is 6.61. The molecule has 2 aromatic heterocycles. The summed E-state index contributed by atoms with van der Waals surface area (Å²) in [5, 5.41) is 11.6. The molecule has 0 aliphatic heterocycles. The van der Waals surface area contributed by atoms with Gasteiger partial charge in [-0.15, -0.1) is 11.3 Å². The number of hydrogen-bond acceptors (Lipinski definition) is 4. The summed E-state index contributed by atoms with van der Waals surface area (Å²) in [5.41, 5.74) is 0.870. The molecule has 6 heteroatoms. The van der Waals surface area contributed by atoms with Crippen LogP contribution in [0.3, 0.4) is 0 Å². The Morgan fingerprint density at radius 1 is 1.43 bits per heavy atom. The SMILES string of the molecule is O=C(NCc1ccc(Br)s1)c1ncccc1C#CCCO. The number of aliphatic hydroxyl groups excluding tert-OH is 1. The van der Waals surface area contributed by atoms with Gasteiger partial charge in [-0.25, -0.2) is 4.98 Å². The largest absolute Gasteiger partial charge is 0.395 e. The van der Waals surface area contributed by atoms with Gasteiger partial charge in [0.2, 0.25) is 0 Å². The molecule has 0 spiro atoms. The van der Waals surface area contributed by atoms with Crippen molar-refractivity contribution in [1.29, 1.82) is 0 Å². The first kappa shape index (κ1) is 15.7. The first-order chi connectivity index (χ1) is 10.2. The summed E-state index contributed by atoms with van der Waals surface area (Å²) in [4.78, 5) is 17.3. The quantitative estimate of drug-likeness (QED) is 0.819. The molecule has 4 nitrogen and oxygen atoms in total. The molecular weight excluding hydrogens is 352 g/mol. The molecule has 0 saturated heterocycles. The molecule has 0 atom stereocenters. The van der Waals surface area contributed by atoms with Crippen LogP contribution < -0.4 is 5.32 Å². The van der Waals surface area contributed by atoms with Gasteiger partial charge < -0.3 is 10.4 Å². The van der Waals surface area contributed by atoms with Crippen molar-refractivity contribution < 1.29 is 9.90 Å². The highest BCUT2D eigenvalue weighted by atomic mass is 79.9. The molecule has 0 fully saturated rings. The number of carbonyl (C=O) groups excluding carboxylic acids is 1. The monoisotopic (exact) mass is 364 g/mol. The van der Waals surface area contributed by atoms with E-state index in [0.717, 1.165) is 8.66 Å². The number of nitrogens with zero attached hydrogens (tertiary/aromatic N) is 1. The Hall–Kier alpha value is -1.68. The van der Waals surface area contributed by atoms with E-state index in [2.05, 4.69) is 38.1 Å². The number of aliphatic hydroxyl groups is 1. The molecule has 0 aliphatic rings. The second kappa shape index (κ2) is 7.93. The van der Waals surface area contributed by atoms with E-state index in [-0.39, 0.29) is 12.5 Å². The minimum atomic E-state index is -0.256. The van der Waals surface area contributed by atoms with Crippen LogP contribution >= 0.6 is 27.3 Å². The highest BCUT2D eigenvalue weighted by Crippen LogP contribution is 2.21. The Labute approximate surface area is 135 Å². The molecule has 2 heterocycles. The fourth-order valence-corrected chi connectivity index (χ4v) is 3.02. The predicted octanol–water partition coefficient (Wildman–Crippen LogP) is 2.57. The highest BCUT2D eigenvalue weighted by molar-refractivity contribution is 9.11. The van der Waals surface area contributed by atoms with E-state index in [1.807, 2.05) is 12.1 Å². The zero-order valence-electron chi connectivity index (χ0n) is 11.1. The maximum atomic E-state index is 12.2. The maximum absolute atomic E-state index is 12.2. The molecule has 108 valence electrons. The van der Waals surface area contributed by atoms with Crippen molar-refractivity contribution in [3.8, 4) is 11.8 Å². The van der Waals surface area contributed by atoms with Crippen LogP contribution in [0.15, 0.2) is 34.2 Å². The Kier molecular flexibility index (Phi) is 5.93. The number of halogens is 1. The summed E-state index contributed by atoms with van der Waals surface area (Å²) in [7, 11) is 0. The van der Waals surface area contributed by atoms with Crippen molar-refractivity contribution in [3.63, 3.8) is 0 Å². The fraction of sp³-hybridized carbons (Fsp3) is 0.200. The van der Waals surface area contributed by atoms with Crippen LogP contribution in [0.2, 0.25) is 0 Å². The third-order valence-electron chi connectivity index (χ3n) is 2.53. The topological polar surface area (TPSA) is 62.2 Å². The lowest BCUT2D eigenvalue weighted by atomic mass is 10.2. The van der Waals surface area contributed by atoms with Crippen LogP contribution in [0.25, 0.3) is 0 Å². The lowest BCUT2D eigenvalue weighted by molar-refractivity contribution is 0.0946. The Bertz CT molecular complexity index is 688. The number of hydrogen-bond donors (Lipinski definition) is 2. The van der Waals surface area contributed by atoms with Crippen molar-refractivity contribution >= 4 is 33.2 Å². The summed E-state index contributed by atoms with van der Waals surface area (Å²) in [6.07, 6.45) is 1.94. The number of pyridine rings is 1. The van der Waals surface area contributed by atoms with E-state index < -0.39 is 0 Å². The average Bonchev–Trinajstić information content (AvgIpc) is 2.91. The van der Waals surface area contributed by atoms with Crippen molar-refractivity contribution in [1.82, 2.24) is 10.3 Å². The normalized spacial score (nSPS) is 9.81. The number of aromatic nitrogens is 1. The van der Waals surface area contributed by atoms with Crippen molar-refractivity contribution in [2.75, 3.05) is 6.61 Å². The summed E-state index contributed by atoms with van der Waals surface area (Å²) < 4.78 is 1.03. The predicted molar refractivity (Wildman–Crippen MR) is 86.0 cm³/mol. The zero-order valence-corrected chi connectivity index (χ0v) is 13.5. The van der Waals surface area contributed by atoms with Crippen molar-refractivity contribution in [2.24, 2.45) is 0 Å². The summed E-state index contributed by atoms with van der Waals surface area (Å²) in [5.74, 6) is 5.40. The van der Waals surface area contributed by atoms with Gasteiger partial charge in [0.15, 0.2) is 0 Å². The lowest BCUT2D eigenvalue weighted by Gasteiger charge is -2.04. The molecule has 0 aromatic carbocycles. The first-order valence-corrected chi connectivity index (χ1v) is 7.89. The molecule has 2 aromatic rings. The van der Waals surface area contributed by atoms with Gasteiger partial charge in [-0.2, -0.15) is 0 Å². The van der Waals surface area contributed by atoms with Gasteiger partial charge in [0.1, 0.15) is 5.69 Å². The third-order valence-corrected chi connectivity index (χ3v) is 4.16. The molecular formula is C15H13BrN2O2S. The molecule has 2 N–H and O–H groups in total. The van der Waals surface area contributed by atoms with Crippen LogP contribution in [-0.4, -0.2) is 22.6 Å². The van der Waals surface area contributed by atoms with Gasteiger partial charge in [-0.3, -0.25) is 4.79 Å². The van der Waals surface area contributed by atoms with E-state index in [0.29, 0.717) is 24.2 Å². The Balaban J connectivity index is 2.07. The van der Waals surface area contributed by atoms with Crippen LogP contribution in [0.5, 0.6) is 0 Å². The summed E-state index contributed by atoms with van der Waals surface area (Å²) in [6, 6.07) is 7.37. The molecule has 0 radical (unpaired) electrons. The first-order valence-electron chi connectivity index (χ1n) is 6.28. The standard InChI is InChI=1S/C15H13BrN2O2S/c16-13-7-6-12(21-13)10-18-15(20)14-11(4-1-2-9-19)5-3-8-17-14/h3,5-8,19H,2,9-10H2,(H,18,20). The smallest absolute Gasteiger partial charge is 0.271 e. The van der Waals surface area contributed by atoms with Crippen molar-refractivity contribution in [2.45, 2.75) is 13.0 Å². The molecule has 0 saturated carbocycles. The van der Waals surface area contributed by atoms with Crippen LogP contribution in [0.4, 0.5) is 0 Å². The van der Waals surface area contributed by atoms with Crippen LogP contribution in [0, 0.1) is 11.8 Å². The highest BCUT2D eigenvalue weighted by Gasteiger charge is 2.11. The van der Waals surface area contributed by atoms with Crippen molar-refractivity contribution in [3.05, 3.63) is 50.4 Å². The number of nitrogens with one attached hydrogen (secondary N) is 1. The minimum absolute atomic E-state index is 0.00203. The molecule has 21 heavy (non-hydrogen) atoms. The second-order valence-electron chi connectivity index (χ2n) is 4.06. The number of carbonyl (C=O) groups is 1. The fourth-order valence-electron chi connectivity index (χ4n) is 1.60. The van der Waals surface area contributed by atoms with E-state index in [9.17, 15) is 4.79 Å². The maximum Gasteiger partial charge on any atom is 0.271 e. The van der Waals surface area contributed by atoms with E-state index in [1.54, 1.807) is 29.7 Å². The van der Waals surface area contributed by atoms with Gasteiger partial charge in [0.25, 0.3) is 5.91 Å². The van der Waals surface area contributed by atoms with E-state index in [4.69, 9.17) is 5.11 Å². The van der Waals surface area contributed by atoms with Gasteiger partial charge in [-0.1, -0.05) is 11.8 Å². The number of amides is 1. The van der Waals surface area contributed by atoms with Crippen LogP contribution in [0.1, 0.15) is 27.3 Å². The van der Waals surface area contributed by atoms with Crippen LogP contribution in [-0.2, 0) is 6.54 Å². The van der Waals surface area contributed by atoms with Gasteiger partial charge in [0.05, 0.1) is 22.5 Å². The molecule has 0 unspecified atom stereocenters. The lowest BCUT2D eigenvalue weighted by Crippen LogP contribution is -2.24. The van der Waals surface area contributed by atoms with E-state index in [1.165, 1.54) is 0 Å². The molecule has 1 amide bonds. The van der Waals surface area contributed by atoms with E-state index >= 15 is 0 Å². The van der Waals surface area contributed by atoms with Gasteiger partial charge >= 0.3 is 0 Å². The minimum Gasteiger partial charge on any atom is -0.395 e. The third kappa shape index (κ3) is 4.67. The Morgan fingerprint density at radius 2 is 2.29 bits per heavy atom. The summed E-state index contributed by atoms with van der Waals surface area (Å²) in [6.45, 7) is 0.456. The Morgan fingerprint density at radius 3 is 3.00 bits per heavy atom.